The molecule has 3 N–H and O–H groups in total. The Kier molecular flexibility index (Phi) is 5.33. The van der Waals surface area contributed by atoms with Crippen LogP contribution in [0.5, 0.6) is 5.75 Å². The number of aryl methyl sites for hydroxylation is 1. The Labute approximate surface area is 184 Å². The number of nitrogens with zero attached hydrogens (tertiary/aromatic N) is 1. The van der Waals surface area contributed by atoms with Crippen molar-refractivity contribution < 1.29 is 18.3 Å². The lowest BCUT2D eigenvalue weighted by molar-refractivity contribution is 0.0999. The number of hydrogen-bond acceptors (Lipinski definition) is 3. The van der Waals surface area contributed by atoms with E-state index in [1.165, 1.54) is 37.1 Å². The van der Waals surface area contributed by atoms with Crippen LogP contribution in [0.2, 0.25) is 0 Å². The Morgan fingerprint density at radius 3 is 2.84 bits per heavy atom. The van der Waals surface area contributed by atoms with Gasteiger partial charge in [-0.2, -0.15) is 0 Å². The van der Waals surface area contributed by atoms with Crippen molar-refractivity contribution in [2.24, 2.45) is 11.7 Å². The van der Waals surface area contributed by atoms with E-state index in [1.54, 1.807) is 0 Å². The van der Waals surface area contributed by atoms with Crippen molar-refractivity contribution in [1.29, 1.82) is 0 Å². The Hall–Kier alpha value is -3.35. The predicted octanol–water partition coefficient (Wildman–Crippen LogP) is 4.62. The van der Waals surface area contributed by atoms with Gasteiger partial charge in [-0.1, -0.05) is 0 Å². The molecule has 1 aliphatic carbocycles. The molecule has 1 saturated carbocycles. The van der Waals surface area contributed by atoms with Crippen LogP contribution in [0.1, 0.15) is 40.7 Å². The van der Waals surface area contributed by atoms with Gasteiger partial charge < -0.3 is 20.4 Å². The third-order valence-corrected chi connectivity index (χ3v) is 6.27. The molecule has 32 heavy (non-hydrogen) atoms. The number of halogens is 2. The minimum absolute atomic E-state index is 0.0856. The molecule has 7 heteroatoms. The fraction of sp³-hybridized carbons (Fsp3) is 0.320. The number of ether oxygens (including phenoxy) is 1. The van der Waals surface area contributed by atoms with Gasteiger partial charge in [-0.15, -0.1) is 0 Å². The number of nitrogens with two attached hydrogens (primary N) is 1. The van der Waals surface area contributed by atoms with Gasteiger partial charge in [-0.3, -0.25) is 4.79 Å². The zero-order valence-corrected chi connectivity index (χ0v) is 17.7. The molecular weight excluding hydrogens is 412 g/mol. The molecule has 5 rings (SSSR count). The van der Waals surface area contributed by atoms with Crippen LogP contribution in [0.25, 0.3) is 17.0 Å². The first-order valence-electron chi connectivity index (χ1n) is 11.0. The SMILES string of the molecule is NC(=O)c1ccc(F)c2c1C=C(N(CCCc1c[nH]c3cc(F)ccc13)CC1CC1)CO2. The second kappa shape index (κ2) is 8.30. The van der Waals surface area contributed by atoms with Gasteiger partial charge in [0.15, 0.2) is 11.6 Å². The van der Waals surface area contributed by atoms with E-state index in [0.29, 0.717) is 11.5 Å². The van der Waals surface area contributed by atoms with Crippen molar-refractivity contribution in [2.75, 3.05) is 19.7 Å². The van der Waals surface area contributed by atoms with Crippen molar-refractivity contribution in [3.63, 3.8) is 0 Å². The first-order valence-corrected chi connectivity index (χ1v) is 11.0. The van der Waals surface area contributed by atoms with E-state index in [1.807, 2.05) is 18.3 Å². The fourth-order valence-corrected chi connectivity index (χ4v) is 4.40. The fourth-order valence-electron chi connectivity index (χ4n) is 4.40. The van der Waals surface area contributed by atoms with Gasteiger partial charge in [0.05, 0.1) is 11.3 Å². The molecule has 1 amide bonds. The minimum atomic E-state index is -0.605. The van der Waals surface area contributed by atoms with Gasteiger partial charge in [0.1, 0.15) is 12.4 Å². The van der Waals surface area contributed by atoms with E-state index in [0.717, 1.165) is 48.1 Å². The highest BCUT2D eigenvalue weighted by Gasteiger charge is 2.28. The lowest BCUT2D eigenvalue weighted by Gasteiger charge is -2.31. The number of carbonyl (C=O) groups excluding carboxylic acids is 1. The van der Waals surface area contributed by atoms with Gasteiger partial charge in [0, 0.05) is 35.8 Å². The molecule has 0 saturated heterocycles. The van der Waals surface area contributed by atoms with E-state index in [4.69, 9.17) is 10.5 Å². The summed E-state index contributed by atoms with van der Waals surface area (Å²) in [6, 6.07) is 7.43. The van der Waals surface area contributed by atoms with Crippen LogP contribution in [0.4, 0.5) is 8.78 Å². The molecule has 1 fully saturated rings. The molecule has 0 radical (unpaired) electrons. The normalized spacial score (nSPS) is 15.2. The molecular formula is C25H25F2N3O2. The number of primary amides is 1. The number of benzene rings is 2. The number of nitrogens with one attached hydrogen (secondary N) is 1. The van der Waals surface area contributed by atoms with Gasteiger partial charge in [-0.25, -0.2) is 8.78 Å². The summed E-state index contributed by atoms with van der Waals surface area (Å²) in [6.45, 7) is 1.96. The van der Waals surface area contributed by atoms with Crippen molar-refractivity contribution in [2.45, 2.75) is 25.7 Å². The molecule has 5 nitrogen and oxygen atoms in total. The maximum absolute atomic E-state index is 14.2. The summed E-state index contributed by atoms with van der Waals surface area (Å²) in [7, 11) is 0. The summed E-state index contributed by atoms with van der Waals surface area (Å²) in [4.78, 5) is 17.3. The molecule has 0 bridgehead atoms. The van der Waals surface area contributed by atoms with Crippen molar-refractivity contribution in [3.8, 4) is 5.75 Å². The van der Waals surface area contributed by atoms with Crippen LogP contribution < -0.4 is 10.5 Å². The summed E-state index contributed by atoms with van der Waals surface area (Å²) in [5.41, 5.74) is 9.07. The predicted molar refractivity (Wildman–Crippen MR) is 119 cm³/mol. The maximum Gasteiger partial charge on any atom is 0.249 e. The number of aromatic nitrogens is 1. The topological polar surface area (TPSA) is 71.4 Å². The van der Waals surface area contributed by atoms with Crippen molar-refractivity contribution in [3.05, 3.63) is 70.6 Å². The number of H-pyrrole nitrogens is 1. The van der Waals surface area contributed by atoms with Crippen LogP contribution in [0, 0.1) is 17.6 Å². The Balaban J connectivity index is 1.35. The zero-order valence-electron chi connectivity index (χ0n) is 17.7. The monoisotopic (exact) mass is 437 g/mol. The summed E-state index contributed by atoms with van der Waals surface area (Å²) in [5.74, 6) is -0.617. The number of fused-ring (bicyclic) bond motifs is 2. The Morgan fingerprint density at radius 1 is 1.22 bits per heavy atom. The van der Waals surface area contributed by atoms with Gasteiger partial charge in [-0.05, 0) is 73.6 Å². The molecule has 166 valence electrons. The second-order valence-electron chi connectivity index (χ2n) is 8.62. The molecule has 3 aromatic rings. The smallest absolute Gasteiger partial charge is 0.249 e. The quantitative estimate of drug-likeness (QED) is 0.540. The summed E-state index contributed by atoms with van der Waals surface area (Å²) in [5, 5.41) is 1.04. The standard InChI is InChI=1S/C25H25F2N3O2/c26-17-5-6-19-16(12-29-23(19)10-17)2-1-9-30(13-15-3-4-15)18-11-21-20(25(28)31)7-8-22(27)24(21)32-14-18/h5-8,10-12,15,29H,1-4,9,13-14H2,(H2,28,31). The van der Waals surface area contributed by atoms with Crippen molar-refractivity contribution in [1.82, 2.24) is 9.88 Å². The van der Waals surface area contributed by atoms with E-state index in [9.17, 15) is 13.6 Å². The second-order valence-corrected chi connectivity index (χ2v) is 8.62. The molecule has 1 aliphatic heterocycles. The molecule has 0 atom stereocenters. The third kappa shape index (κ3) is 4.07. The van der Waals surface area contributed by atoms with Crippen LogP contribution in [-0.2, 0) is 6.42 Å². The van der Waals surface area contributed by atoms with Crippen LogP contribution in [0.15, 0.2) is 42.2 Å². The van der Waals surface area contributed by atoms with E-state index < -0.39 is 11.7 Å². The first kappa shape index (κ1) is 20.5. The summed E-state index contributed by atoms with van der Waals surface area (Å²) < 4.78 is 33.4. The number of aromatic amines is 1. The third-order valence-electron chi connectivity index (χ3n) is 6.27. The average Bonchev–Trinajstić information content (AvgIpc) is 3.51. The van der Waals surface area contributed by atoms with Crippen LogP contribution in [0.3, 0.4) is 0 Å². The highest BCUT2D eigenvalue weighted by Crippen LogP contribution is 2.36. The highest BCUT2D eigenvalue weighted by atomic mass is 19.1. The minimum Gasteiger partial charge on any atom is -0.484 e. The first-order chi connectivity index (χ1) is 15.5. The van der Waals surface area contributed by atoms with Gasteiger partial charge in [0.25, 0.3) is 0 Å². The zero-order chi connectivity index (χ0) is 22.2. The molecule has 0 spiro atoms. The van der Waals surface area contributed by atoms with E-state index >= 15 is 0 Å². The van der Waals surface area contributed by atoms with Crippen LogP contribution in [-0.4, -0.2) is 35.5 Å². The number of hydrogen-bond donors (Lipinski definition) is 2. The van der Waals surface area contributed by atoms with Gasteiger partial charge in [0.2, 0.25) is 5.91 Å². The lowest BCUT2D eigenvalue weighted by atomic mass is 10.0. The molecule has 2 aliphatic rings. The van der Waals surface area contributed by atoms with E-state index in [-0.39, 0.29) is 23.7 Å². The number of rotatable bonds is 8. The maximum atomic E-state index is 14.2. The average molecular weight is 437 g/mol. The molecule has 2 heterocycles. The van der Waals surface area contributed by atoms with Gasteiger partial charge >= 0.3 is 0 Å². The summed E-state index contributed by atoms with van der Waals surface area (Å²) in [6.07, 6.45) is 7.94. The van der Waals surface area contributed by atoms with E-state index in [2.05, 4.69) is 9.88 Å². The Bertz CT molecular complexity index is 1210. The highest BCUT2D eigenvalue weighted by molar-refractivity contribution is 5.98. The number of carbonyl (C=O) groups is 1. The summed E-state index contributed by atoms with van der Waals surface area (Å²) >= 11 is 0. The molecule has 1 aromatic heterocycles. The Morgan fingerprint density at radius 2 is 2.06 bits per heavy atom. The van der Waals surface area contributed by atoms with Crippen LogP contribution >= 0.6 is 0 Å². The largest absolute Gasteiger partial charge is 0.484 e. The number of amides is 1. The lowest BCUT2D eigenvalue weighted by Crippen LogP contribution is -2.31. The molecule has 2 aromatic carbocycles. The molecule has 0 unspecified atom stereocenters. The van der Waals surface area contributed by atoms with Crippen molar-refractivity contribution >= 4 is 22.9 Å².